The molecule has 0 saturated carbocycles. The van der Waals surface area contributed by atoms with E-state index in [-0.39, 0.29) is 18.6 Å². The van der Waals surface area contributed by atoms with Crippen LogP contribution in [-0.2, 0) is 0 Å². The first-order chi connectivity index (χ1) is 9.22. The molecule has 0 aromatic carbocycles. The first-order valence-corrected chi connectivity index (χ1v) is 6.33. The molecule has 2 heterocycles. The van der Waals surface area contributed by atoms with Crippen molar-refractivity contribution in [1.29, 1.82) is 0 Å². The standard InChI is InChI=1S/C14H17N3O2/c15-7-1-3-11-4-2-8-16-13(11)14(19)17-9-5-12(18)6-10-17/h2,4,8,12,18H,5-7,9-10,15H2. The van der Waals surface area contributed by atoms with Crippen molar-refractivity contribution in [2.75, 3.05) is 19.6 Å². The maximum atomic E-state index is 12.4. The highest BCUT2D eigenvalue weighted by atomic mass is 16.3. The molecule has 1 aromatic heterocycles. The third-order valence-corrected chi connectivity index (χ3v) is 3.09. The molecule has 100 valence electrons. The molecule has 1 saturated heterocycles. The van der Waals surface area contributed by atoms with Crippen molar-refractivity contribution in [3.63, 3.8) is 0 Å². The van der Waals surface area contributed by atoms with Gasteiger partial charge in [-0.2, -0.15) is 0 Å². The first-order valence-electron chi connectivity index (χ1n) is 6.33. The van der Waals surface area contributed by atoms with Gasteiger partial charge in [0.15, 0.2) is 0 Å². The minimum absolute atomic E-state index is 0.131. The van der Waals surface area contributed by atoms with Crippen molar-refractivity contribution < 1.29 is 9.90 Å². The van der Waals surface area contributed by atoms with Crippen molar-refractivity contribution in [3.8, 4) is 11.8 Å². The van der Waals surface area contributed by atoms with Gasteiger partial charge in [-0.3, -0.25) is 4.79 Å². The Morgan fingerprint density at radius 1 is 1.53 bits per heavy atom. The van der Waals surface area contributed by atoms with E-state index in [9.17, 15) is 9.90 Å². The van der Waals surface area contributed by atoms with Gasteiger partial charge in [-0.25, -0.2) is 4.98 Å². The van der Waals surface area contributed by atoms with Crippen molar-refractivity contribution in [1.82, 2.24) is 9.88 Å². The molecule has 2 rings (SSSR count). The Hall–Kier alpha value is -1.90. The van der Waals surface area contributed by atoms with Crippen LogP contribution in [0.1, 0.15) is 28.9 Å². The Balaban J connectivity index is 2.19. The van der Waals surface area contributed by atoms with Gasteiger partial charge in [0.2, 0.25) is 0 Å². The predicted octanol–water partition coefficient (Wildman–Crippen LogP) is -0.0113. The number of amides is 1. The zero-order chi connectivity index (χ0) is 13.7. The summed E-state index contributed by atoms with van der Waals surface area (Å²) in [4.78, 5) is 18.2. The average Bonchev–Trinajstić information content (AvgIpc) is 2.45. The molecule has 1 fully saturated rings. The molecule has 0 radical (unpaired) electrons. The van der Waals surface area contributed by atoms with E-state index in [0.717, 1.165) is 0 Å². The highest BCUT2D eigenvalue weighted by molar-refractivity contribution is 5.94. The van der Waals surface area contributed by atoms with Crippen LogP contribution in [0.15, 0.2) is 18.3 Å². The number of carbonyl (C=O) groups is 1. The van der Waals surface area contributed by atoms with Crippen LogP contribution < -0.4 is 5.73 Å². The molecule has 1 aromatic rings. The molecule has 3 N–H and O–H groups in total. The van der Waals surface area contributed by atoms with Crippen LogP contribution in [-0.4, -0.2) is 46.6 Å². The number of hydrogen-bond donors (Lipinski definition) is 2. The monoisotopic (exact) mass is 259 g/mol. The highest BCUT2D eigenvalue weighted by Crippen LogP contribution is 2.14. The smallest absolute Gasteiger partial charge is 0.273 e. The van der Waals surface area contributed by atoms with Crippen LogP contribution in [0.4, 0.5) is 0 Å². The van der Waals surface area contributed by atoms with Crippen molar-refractivity contribution in [2.24, 2.45) is 5.73 Å². The average molecular weight is 259 g/mol. The molecule has 5 heteroatoms. The number of piperidine rings is 1. The maximum Gasteiger partial charge on any atom is 0.273 e. The van der Waals surface area contributed by atoms with Gasteiger partial charge < -0.3 is 15.7 Å². The number of aromatic nitrogens is 1. The molecule has 1 amide bonds. The van der Waals surface area contributed by atoms with Crippen LogP contribution in [0.2, 0.25) is 0 Å². The quantitative estimate of drug-likeness (QED) is 0.695. The lowest BCUT2D eigenvalue weighted by Gasteiger charge is -2.29. The number of likely N-dealkylation sites (tertiary alicyclic amines) is 1. The largest absolute Gasteiger partial charge is 0.393 e. The van der Waals surface area contributed by atoms with Gasteiger partial charge >= 0.3 is 0 Å². The fourth-order valence-corrected chi connectivity index (χ4v) is 2.04. The van der Waals surface area contributed by atoms with E-state index in [1.54, 1.807) is 23.2 Å². The normalized spacial score (nSPS) is 15.8. The SMILES string of the molecule is NCC#Cc1cccnc1C(=O)N1CCC(O)CC1. The minimum atomic E-state index is -0.302. The van der Waals surface area contributed by atoms with Gasteiger partial charge in [-0.1, -0.05) is 11.8 Å². The number of nitrogens with two attached hydrogens (primary N) is 1. The molecular weight excluding hydrogens is 242 g/mol. The molecule has 0 bridgehead atoms. The summed E-state index contributed by atoms with van der Waals surface area (Å²) in [5, 5.41) is 9.46. The van der Waals surface area contributed by atoms with E-state index in [2.05, 4.69) is 16.8 Å². The fraction of sp³-hybridized carbons (Fsp3) is 0.429. The lowest BCUT2D eigenvalue weighted by atomic mass is 10.1. The van der Waals surface area contributed by atoms with E-state index in [1.807, 2.05) is 0 Å². The van der Waals surface area contributed by atoms with Gasteiger partial charge in [0.05, 0.1) is 18.2 Å². The molecular formula is C14H17N3O2. The second-order valence-electron chi connectivity index (χ2n) is 4.43. The van der Waals surface area contributed by atoms with Crippen molar-refractivity contribution in [3.05, 3.63) is 29.6 Å². The van der Waals surface area contributed by atoms with Crippen molar-refractivity contribution in [2.45, 2.75) is 18.9 Å². The van der Waals surface area contributed by atoms with E-state index in [4.69, 9.17) is 5.73 Å². The Bertz CT molecular complexity index is 511. The zero-order valence-corrected chi connectivity index (χ0v) is 10.7. The Morgan fingerprint density at radius 2 is 2.26 bits per heavy atom. The van der Waals surface area contributed by atoms with Gasteiger partial charge in [-0.15, -0.1) is 0 Å². The molecule has 1 aliphatic rings. The van der Waals surface area contributed by atoms with Crippen LogP contribution in [0, 0.1) is 11.8 Å². The highest BCUT2D eigenvalue weighted by Gasteiger charge is 2.24. The Kier molecular flexibility index (Phi) is 4.50. The second-order valence-corrected chi connectivity index (χ2v) is 4.43. The number of rotatable bonds is 1. The van der Waals surface area contributed by atoms with Crippen LogP contribution >= 0.6 is 0 Å². The van der Waals surface area contributed by atoms with E-state index in [0.29, 0.717) is 37.2 Å². The second kappa shape index (κ2) is 6.32. The molecule has 0 aliphatic carbocycles. The summed E-state index contributed by atoms with van der Waals surface area (Å²) in [6.07, 6.45) is 2.51. The summed E-state index contributed by atoms with van der Waals surface area (Å²) in [6.45, 7) is 1.36. The van der Waals surface area contributed by atoms with E-state index >= 15 is 0 Å². The number of aliphatic hydroxyl groups excluding tert-OH is 1. The number of nitrogens with zero attached hydrogens (tertiary/aromatic N) is 2. The number of hydrogen-bond acceptors (Lipinski definition) is 4. The van der Waals surface area contributed by atoms with Crippen LogP contribution in [0.5, 0.6) is 0 Å². The molecule has 5 nitrogen and oxygen atoms in total. The van der Waals surface area contributed by atoms with Gasteiger partial charge in [0.1, 0.15) is 5.69 Å². The lowest BCUT2D eigenvalue weighted by molar-refractivity contribution is 0.0541. The number of carbonyl (C=O) groups excluding carboxylic acids is 1. The van der Waals surface area contributed by atoms with E-state index < -0.39 is 0 Å². The molecule has 1 aliphatic heterocycles. The summed E-state index contributed by atoms with van der Waals surface area (Å²) >= 11 is 0. The first kappa shape index (κ1) is 13.5. The van der Waals surface area contributed by atoms with E-state index in [1.165, 1.54) is 0 Å². The van der Waals surface area contributed by atoms with Crippen LogP contribution in [0.3, 0.4) is 0 Å². The van der Waals surface area contributed by atoms with Crippen molar-refractivity contribution >= 4 is 5.91 Å². The topological polar surface area (TPSA) is 79.5 Å². The lowest BCUT2D eigenvalue weighted by Crippen LogP contribution is -2.40. The predicted molar refractivity (Wildman–Crippen MR) is 71.3 cm³/mol. The third kappa shape index (κ3) is 3.31. The molecule has 19 heavy (non-hydrogen) atoms. The van der Waals surface area contributed by atoms with Gasteiger partial charge in [0.25, 0.3) is 5.91 Å². The summed E-state index contributed by atoms with van der Waals surface area (Å²) < 4.78 is 0. The number of aliphatic hydroxyl groups is 1. The van der Waals surface area contributed by atoms with Gasteiger partial charge in [0, 0.05) is 19.3 Å². The molecule has 0 atom stereocenters. The Morgan fingerprint density at radius 3 is 2.95 bits per heavy atom. The number of pyridine rings is 1. The summed E-state index contributed by atoms with van der Waals surface area (Å²) in [6, 6.07) is 3.51. The fourth-order valence-electron chi connectivity index (χ4n) is 2.04. The van der Waals surface area contributed by atoms with Gasteiger partial charge in [-0.05, 0) is 25.0 Å². The summed E-state index contributed by atoms with van der Waals surface area (Å²) in [7, 11) is 0. The third-order valence-electron chi connectivity index (χ3n) is 3.09. The van der Waals surface area contributed by atoms with Crippen LogP contribution in [0.25, 0.3) is 0 Å². The maximum absolute atomic E-state index is 12.4. The summed E-state index contributed by atoms with van der Waals surface area (Å²) in [5.74, 6) is 5.47. The zero-order valence-electron chi connectivity index (χ0n) is 10.7. The minimum Gasteiger partial charge on any atom is -0.393 e. The summed E-state index contributed by atoms with van der Waals surface area (Å²) in [5.41, 5.74) is 6.31. The Labute approximate surface area is 112 Å². The molecule has 0 unspecified atom stereocenters. The molecule has 0 spiro atoms.